The van der Waals surface area contributed by atoms with E-state index in [2.05, 4.69) is 363 Å². The standard InChI is InChI=1S/C91H62N2/c1-91(2)86-35-14-12-30-80(86)81-51-49-73(58-87(81)91)92(71-45-39-59(40-46-71)65-44-52-89-85(56-65)82-31-13-15-36-88(82)93(89)70-25-4-3-5-26-70)72-47-41-60(42-48-72)67-53-68(78-33-17-23-62-20-7-10-28-75(62)78)55-69(54-67)90-83(79-34-18-24-63-21-8-11-29-76(63)79)50-43-64-37-38-66(57-84(64)90)77-32-16-22-61-19-6-9-27-74(61)77/h3-58H,1-2H3. The van der Waals surface area contributed by atoms with Gasteiger partial charge in [0, 0.05) is 38.9 Å². The summed E-state index contributed by atoms with van der Waals surface area (Å²) in [6.07, 6.45) is 0. The first-order valence-electron chi connectivity index (χ1n) is 32.4. The summed E-state index contributed by atoms with van der Waals surface area (Å²) in [5.74, 6) is 0. The molecule has 18 rings (SSSR count). The first-order chi connectivity index (χ1) is 45.9. The molecule has 2 heteroatoms. The lowest BCUT2D eigenvalue weighted by Gasteiger charge is -2.28. The minimum atomic E-state index is -0.175. The monoisotopic (exact) mass is 1180 g/mol. The van der Waals surface area contributed by atoms with Crippen LogP contribution < -0.4 is 4.90 Å². The summed E-state index contributed by atoms with van der Waals surface area (Å²) in [6, 6.07) is 127. The molecule has 0 fully saturated rings. The summed E-state index contributed by atoms with van der Waals surface area (Å²) in [5, 5.41) is 12.2. The molecule has 0 amide bonds. The number of aromatic nitrogens is 1. The predicted molar refractivity (Wildman–Crippen MR) is 396 cm³/mol. The fourth-order valence-electron chi connectivity index (χ4n) is 15.4. The molecule has 0 saturated heterocycles. The van der Waals surface area contributed by atoms with Crippen LogP contribution in [-0.4, -0.2) is 4.57 Å². The molecular weight excluding hydrogens is 1120 g/mol. The van der Waals surface area contributed by atoms with Gasteiger partial charge in [-0.05, 0) is 223 Å². The van der Waals surface area contributed by atoms with Gasteiger partial charge in [-0.2, -0.15) is 0 Å². The largest absolute Gasteiger partial charge is 0.310 e. The van der Waals surface area contributed by atoms with Gasteiger partial charge >= 0.3 is 0 Å². The van der Waals surface area contributed by atoms with Crippen LogP contribution in [0.4, 0.5) is 17.1 Å². The third-order valence-corrected chi connectivity index (χ3v) is 20.0. The van der Waals surface area contributed by atoms with Gasteiger partial charge in [0.25, 0.3) is 0 Å². The lowest BCUT2D eigenvalue weighted by molar-refractivity contribution is 0.660. The molecular formula is C91H62N2. The first kappa shape index (κ1) is 54.1. The maximum Gasteiger partial charge on any atom is 0.0541 e. The zero-order valence-electron chi connectivity index (χ0n) is 51.7. The van der Waals surface area contributed by atoms with Crippen molar-refractivity contribution >= 4 is 82.0 Å². The average molecular weight is 1180 g/mol. The Hall–Kier alpha value is -11.8. The Bertz CT molecular complexity index is 5810. The van der Waals surface area contributed by atoms with Crippen molar-refractivity contribution in [3.8, 4) is 83.6 Å². The number of rotatable bonds is 10. The maximum atomic E-state index is 2.45. The van der Waals surface area contributed by atoms with Crippen LogP contribution in [0.2, 0.25) is 0 Å². The Kier molecular flexibility index (Phi) is 12.6. The van der Waals surface area contributed by atoms with Gasteiger partial charge in [-0.3, -0.25) is 0 Å². The number of anilines is 3. The molecule has 1 aliphatic rings. The van der Waals surface area contributed by atoms with Gasteiger partial charge in [-0.1, -0.05) is 263 Å². The molecule has 93 heavy (non-hydrogen) atoms. The highest BCUT2D eigenvalue weighted by atomic mass is 15.1. The van der Waals surface area contributed by atoms with Gasteiger partial charge in [0.2, 0.25) is 0 Å². The van der Waals surface area contributed by atoms with Gasteiger partial charge in [0.15, 0.2) is 0 Å². The molecule has 16 aromatic carbocycles. The van der Waals surface area contributed by atoms with Crippen molar-refractivity contribution in [3.63, 3.8) is 0 Å². The lowest BCUT2D eigenvalue weighted by Crippen LogP contribution is -2.16. The van der Waals surface area contributed by atoms with E-state index in [-0.39, 0.29) is 5.41 Å². The fraction of sp³-hybridized carbons (Fsp3) is 0.0330. The summed E-state index contributed by atoms with van der Waals surface area (Å²) in [6.45, 7) is 4.74. The van der Waals surface area contributed by atoms with Gasteiger partial charge in [0.05, 0.1) is 11.0 Å². The third-order valence-electron chi connectivity index (χ3n) is 20.0. The summed E-state index contributed by atoms with van der Waals surface area (Å²) in [5.41, 5.74) is 26.2. The summed E-state index contributed by atoms with van der Waals surface area (Å²) >= 11 is 0. The molecule has 0 aliphatic heterocycles. The van der Waals surface area contributed by atoms with Crippen molar-refractivity contribution in [1.82, 2.24) is 4.57 Å². The number of nitrogens with zero attached hydrogens (tertiary/aromatic N) is 2. The van der Waals surface area contributed by atoms with Crippen molar-refractivity contribution in [2.24, 2.45) is 0 Å². The normalized spacial score (nSPS) is 12.5. The van der Waals surface area contributed by atoms with E-state index in [9.17, 15) is 0 Å². The SMILES string of the molecule is CC1(C)c2ccccc2-c2ccc(N(c3ccc(-c4cc(-c5cccc6ccccc56)cc(-c5c(-c6cccc7ccccc67)ccc6ccc(-c7cccc8ccccc78)cc56)c4)cc3)c3ccc(-c4ccc5c(c4)c4ccccc4n5-c4ccccc4)cc3)cc21. The molecule has 0 N–H and O–H groups in total. The van der Waals surface area contributed by atoms with Crippen LogP contribution in [0.3, 0.4) is 0 Å². The lowest BCUT2D eigenvalue weighted by atomic mass is 9.82. The van der Waals surface area contributed by atoms with E-state index in [4.69, 9.17) is 0 Å². The molecule has 0 spiro atoms. The van der Waals surface area contributed by atoms with E-state index in [1.807, 2.05) is 0 Å². The number of para-hydroxylation sites is 2. The molecule has 17 aromatic rings. The van der Waals surface area contributed by atoms with Gasteiger partial charge in [-0.15, -0.1) is 0 Å². The average Bonchev–Trinajstić information content (AvgIpc) is 1.37. The van der Waals surface area contributed by atoms with Crippen molar-refractivity contribution in [2.45, 2.75) is 19.3 Å². The van der Waals surface area contributed by atoms with Gasteiger partial charge < -0.3 is 9.47 Å². The second-order valence-corrected chi connectivity index (χ2v) is 25.6. The van der Waals surface area contributed by atoms with Crippen molar-refractivity contribution < 1.29 is 0 Å². The second-order valence-electron chi connectivity index (χ2n) is 25.6. The molecule has 0 radical (unpaired) electrons. The van der Waals surface area contributed by atoms with Crippen LogP contribution in [0.15, 0.2) is 340 Å². The van der Waals surface area contributed by atoms with Crippen LogP contribution in [-0.2, 0) is 5.41 Å². The molecule has 0 bridgehead atoms. The Labute approximate surface area is 541 Å². The smallest absolute Gasteiger partial charge is 0.0541 e. The highest BCUT2D eigenvalue weighted by molar-refractivity contribution is 6.13. The Balaban J connectivity index is 0.807. The first-order valence-corrected chi connectivity index (χ1v) is 32.4. The van der Waals surface area contributed by atoms with Crippen molar-refractivity contribution in [3.05, 3.63) is 351 Å². The minimum absolute atomic E-state index is 0.175. The second kappa shape index (κ2) is 21.7. The van der Waals surface area contributed by atoms with Crippen LogP contribution in [0.25, 0.3) is 148 Å². The van der Waals surface area contributed by atoms with Gasteiger partial charge in [0.1, 0.15) is 0 Å². The molecule has 1 aliphatic carbocycles. The molecule has 0 unspecified atom stereocenters. The van der Waals surface area contributed by atoms with Gasteiger partial charge in [-0.25, -0.2) is 0 Å². The highest BCUT2D eigenvalue weighted by Crippen LogP contribution is 2.52. The van der Waals surface area contributed by atoms with Crippen LogP contribution >= 0.6 is 0 Å². The fourth-order valence-corrected chi connectivity index (χ4v) is 15.4. The Morgan fingerprint density at radius 1 is 0.237 bits per heavy atom. The summed E-state index contributed by atoms with van der Waals surface area (Å²) < 4.78 is 2.38. The van der Waals surface area contributed by atoms with E-state index in [0.29, 0.717) is 0 Å². The predicted octanol–water partition coefficient (Wildman–Crippen LogP) is 25.2. The quantitative estimate of drug-likeness (QED) is 0.132. The number of hydrogen-bond acceptors (Lipinski definition) is 1. The zero-order valence-corrected chi connectivity index (χ0v) is 51.7. The third kappa shape index (κ3) is 9.01. The summed E-state index contributed by atoms with van der Waals surface area (Å²) in [7, 11) is 0. The maximum absolute atomic E-state index is 2.45. The topological polar surface area (TPSA) is 8.17 Å². The van der Waals surface area contributed by atoms with E-state index in [0.717, 1.165) is 39.4 Å². The van der Waals surface area contributed by atoms with E-state index in [1.54, 1.807) is 0 Å². The Morgan fingerprint density at radius 2 is 0.688 bits per heavy atom. The molecule has 0 saturated carbocycles. The van der Waals surface area contributed by atoms with Crippen molar-refractivity contribution in [1.29, 1.82) is 0 Å². The van der Waals surface area contributed by atoms with Crippen LogP contribution in [0.5, 0.6) is 0 Å². The summed E-state index contributed by atoms with van der Waals surface area (Å²) in [4.78, 5) is 2.45. The van der Waals surface area contributed by atoms with E-state index in [1.165, 1.54) is 137 Å². The number of fused-ring (bicyclic) bond motifs is 10. The zero-order chi connectivity index (χ0) is 61.7. The van der Waals surface area contributed by atoms with E-state index < -0.39 is 0 Å². The number of hydrogen-bond donors (Lipinski definition) is 0. The molecule has 436 valence electrons. The van der Waals surface area contributed by atoms with E-state index >= 15 is 0 Å². The van der Waals surface area contributed by atoms with Crippen LogP contribution in [0.1, 0.15) is 25.0 Å². The molecule has 0 atom stereocenters. The molecule has 1 heterocycles. The van der Waals surface area contributed by atoms with Crippen molar-refractivity contribution in [2.75, 3.05) is 4.90 Å². The highest BCUT2D eigenvalue weighted by Gasteiger charge is 2.36. The number of benzene rings is 16. The van der Waals surface area contributed by atoms with Crippen LogP contribution in [0, 0.1) is 0 Å². The minimum Gasteiger partial charge on any atom is -0.310 e. The molecule has 1 aromatic heterocycles. The molecule has 2 nitrogen and oxygen atoms in total. The Morgan fingerprint density at radius 3 is 1.39 bits per heavy atom.